The Balaban J connectivity index is 3.56. The van der Waals surface area contributed by atoms with E-state index in [1.807, 2.05) is 0 Å². The van der Waals surface area contributed by atoms with Crippen LogP contribution in [0.5, 0.6) is 0 Å². The van der Waals surface area contributed by atoms with Gasteiger partial charge in [0.2, 0.25) is 0 Å². The summed E-state index contributed by atoms with van der Waals surface area (Å²) in [5.74, 6) is -0.802. The Bertz CT molecular complexity index is 210. The van der Waals surface area contributed by atoms with Gasteiger partial charge in [0.1, 0.15) is 0 Å². The first-order valence-corrected chi connectivity index (χ1v) is 4.86. The van der Waals surface area contributed by atoms with E-state index < -0.39 is 19.8 Å². The maximum Gasteiger partial charge on any atom is 0.698 e. The second-order valence-corrected chi connectivity index (χ2v) is 3.22. The fraction of sp³-hybridized carbons (Fsp3) is 0.667. The van der Waals surface area contributed by atoms with Crippen molar-refractivity contribution in [3.05, 3.63) is 0 Å². The van der Waals surface area contributed by atoms with Gasteiger partial charge in [0.15, 0.2) is 24.8 Å². The van der Waals surface area contributed by atoms with E-state index >= 15 is 0 Å². The molecule has 7 nitrogen and oxygen atoms in total. The molecule has 0 radical (unpaired) electrons. The van der Waals surface area contributed by atoms with E-state index in [1.165, 1.54) is 0 Å². The van der Waals surface area contributed by atoms with E-state index in [1.54, 1.807) is 0 Å². The Kier molecular flexibility index (Phi) is 7.27. The highest BCUT2D eigenvalue weighted by Gasteiger charge is 2.23. The van der Waals surface area contributed by atoms with Crippen LogP contribution in [0, 0.1) is 0 Å². The summed E-state index contributed by atoms with van der Waals surface area (Å²) in [4.78, 5) is 21.2. The molecule has 0 unspecified atom stereocenters. The Morgan fingerprint density at radius 3 is 1.64 bits per heavy atom. The number of carbonyl (C=O) groups is 2. The topological polar surface area (TPSA) is 122 Å². The Morgan fingerprint density at radius 2 is 1.36 bits per heavy atom. The minimum absolute atomic E-state index is 0.190. The van der Waals surface area contributed by atoms with Gasteiger partial charge in [0.25, 0.3) is 0 Å². The first kappa shape index (κ1) is 13.3. The normalized spacial score (nSPS) is 9.86. The van der Waals surface area contributed by atoms with Crippen molar-refractivity contribution in [2.75, 3.05) is 26.3 Å². The number of ketones is 2. The molecular weight excluding hydrogens is 211 g/mol. The van der Waals surface area contributed by atoms with Crippen LogP contribution in [0.4, 0.5) is 0 Å². The van der Waals surface area contributed by atoms with Gasteiger partial charge < -0.3 is 11.5 Å². The van der Waals surface area contributed by atoms with Gasteiger partial charge in [-0.3, -0.25) is 9.59 Å². The summed E-state index contributed by atoms with van der Waals surface area (Å²) in [5.41, 5.74) is 9.93. The molecule has 8 heteroatoms. The molecule has 14 heavy (non-hydrogen) atoms. The predicted octanol–water partition coefficient (Wildman–Crippen LogP) is -1.27. The van der Waals surface area contributed by atoms with Crippen molar-refractivity contribution in [2.24, 2.45) is 11.5 Å². The second-order valence-electron chi connectivity index (χ2n) is 2.26. The molecular formula is C6H12N2O5P+. The highest BCUT2D eigenvalue weighted by molar-refractivity contribution is 7.33. The number of rotatable bonds is 8. The molecule has 0 amide bonds. The number of nitrogens with two attached hydrogens (primary N) is 2. The highest BCUT2D eigenvalue weighted by atomic mass is 31.1. The molecule has 0 aromatic heterocycles. The third-order valence-electron chi connectivity index (χ3n) is 1.12. The molecule has 0 heterocycles. The molecule has 0 atom stereocenters. The fourth-order valence-electron chi connectivity index (χ4n) is 0.405. The summed E-state index contributed by atoms with van der Waals surface area (Å²) in [6.07, 6.45) is 0. The van der Waals surface area contributed by atoms with Crippen molar-refractivity contribution in [2.45, 2.75) is 0 Å². The highest BCUT2D eigenvalue weighted by Crippen LogP contribution is 2.22. The largest absolute Gasteiger partial charge is 0.698 e. The van der Waals surface area contributed by atoms with Gasteiger partial charge in [-0.2, -0.15) is 0 Å². The van der Waals surface area contributed by atoms with Gasteiger partial charge in [-0.05, 0) is 0 Å². The molecule has 0 rings (SSSR count). The van der Waals surface area contributed by atoms with E-state index in [0.29, 0.717) is 0 Å². The first-order chi connectivity index (χ1) is 6.60. The molecule has 0 saturated heterocycles. The third-order valence-corrected chi connectivity index (χ3v) is 1.80. The molecule has 80 valence electrons. The molecule has 0 saturated carbocycles. The summed E-state index contributed by atoms with van der Waals surface area (Å²) < 4.78 is 19.7. The average molecular weight is 223 g/mol. The number of hydrogen-bond donors (Lipinski definition) is 2. The molecule has 0 bridgehead atoms. The molecule has 4 N–H and O–H groups in total. The molecule has 0 aromatic carbocycles. The maximum atomic E-state index is 10.8. The number of hydrogen-bond acceptors (Lipinski definition) is 7. The average Bonchev–Trinajstić information content (AvgIpc) is 2.22. The molecule has 0 spiro atoms. The van der Waals surface area contributed by atoms with E-state index in [9.17, 15) is 14.2 Å². The lowest BCUT2D eigenvalue weighted by Gasteiger charge is -1.90. The van der Waals surface area contributed by atoms with Crippen molar-refractivity contribution in [1.29, 1.82) is 0 Å². The van der Waals surface area contributed by atoms with E-state index in [0.717, 1.165) is 0 Å². The predicted molar refractivity (Wildman–Crippen MR) is 47.6 cm³/mol. The first-order valence-electron chi connectivity index (χ1n) is 3.76. The third kappa shape index (κ3) is 6.76. The summed E-state index contributed by atoms with van der Waals surface area (Å²) in [5, 5.41) is 0. The molecule has 0 aliphatic rings. The SMILES string of the molecule is NCC(=O)CO[P+](=O)OCC(=O)CN. The monoisotopic (exact) mass is 223 g/mol. The lowest BCUT2D eigenvalue weighted by Crippen LogP contribution is -2.19. The van der Waals surface area contributed by atoms with Crippen molar-refractivity contribution < 1.29 is 23.2 Å². The lowest BCUT2D eigenvalue weighted by atomic mass is 10.4. The standard InChI is InChI=1S/C6H12N2O5P/c7-1-5(9)3-12-14(11)13-4-6(10)2-8/h1-4,7-8H2/q+1. The fourth-order valence-corrected chi connectivity index (χ4v) is 0.978. The minimum atomic E-state index is -2.46. The molecule has 0 aliphatic carbocycles. The van der Waals surface area contributed by atoms with Crippen molar-refractivity contribution in [1.82, 2.24) is 0 Å². The summed E-state index contributed by atoms with van der Waals surface area (Å²) >= 11 is 0. The van der Waals surface area contributed by atoms with Crippen molar-refractivity contribution in [3.63, 3.8) is 0 Å². The van der Waals surface area contributed by atoms with Crippen molar-refractivity contribution in [3.8, 4) is 0 Å². The van der Waals surface area contributed by atoms with Crippen LogP contribution in [0.15, 0.2) is 0 Å². The van der Waals surface area contributed by atoms with Gasteiger partial charge >= 0.3 is 8.25 Å². The Hall–Kier alpha value is -0.720. The molecule has 0 aromatic rings. The van der Waals surface area contributed by atoms with Crippen LogP contribution >= 0.6 is 8.25 Å². The van der Waals surface area contributed by atoms with Crippen LogP contribution in [0.3, 0.4) is 0 Å². The second kappa shape index (κ2) is 7.66. The summed E-state index contributed by atoms with van der Waals surface area (Å²) in [7, 11) is -2.46. The van der Waals surface area contributed by atoms with Gasteiger partial charge in [-0.25, -0.2) is 0 Å². The van der Waals surface area contributed by atoms with Crippen LogP contribution in [0.2, 0.25) is 0 Å². The summed E-state index contributed by atoms with van der Waals surface area (Å²) in [6, 6.07) is 0. The van der Waals surface area contributed by atoms with Gasteiger partial charge in [-0.15, -0.1) is 9.05 Å². The van der Waals surface area contributed by atoms with E-state index in [2.05, 4.69) is 9.05 Å². The van der Waals surface area contributed by atoms with Crippen LogP contribution in [-0.2, 0) is 23.2 Å². The zero-order valence-corrected chi connectivity index (χ0v) is 8.37. The van der Waals surface area contributed by atoms with Gasteiger partial charge in [0.05, 0.1) is 13.1 Å². The minimum Gasteiger partial charge on any atom is -0.324 e. The van der Waals surface area contributed by atoms with Crippen LogP contribution < -0.4 is 11.5 Å². The quantitative estimate of drug-likeness (QED) is 0.492. The van der Waals surface area contributed by atoms with E-state index in [4.69, 9.17) is 11.5 Å². The maximum absolute atomic E-state index is 10.8. The number of carbonyl (C=O) groups excluding carboxylic acids is 2. The van der Waals surface area contributed by atoms with Crippen LogP contribution in [-0.4, -0.2) is 37.9 Å². The van der Waals surface area contributed by atoms with Crippen LogP contribution in [0.25, 0.3) is 0 Å². The summed E-state index contributed by atoms with van der Waals surface area (Å²) in [6.45, 7) is -1.15. The Morgan fingerprint density at radius 1 is 1.00 bits per heavy atom. The zero-order valence-electron chi connectivity index (χ0n) is 7.47. The number of Topliss-reactive ketones (excluding diaryl/α,β-unsaturated/α-hetero) is 2. The molecule has 0 fully saturated rings. The lowest BCUT2D eigenvalue weighted by molar-refractivity contribution is -0.120. The Labute approximate surface area is 81.7 Å². The van der Waals surface area contributed by atoms with Crippen LogP contribution in [0.1, 0.15) is 0 Å². The smallest absolute Gasteiger partial charge is 0.324 e. The van der Waals surface area contributed by atoms with Crippen molar-refractivity contribution >= 4 is 19.8 Å². The van der Waals surface area contributed by atoms with Gasteiger partial charge in [0, 0.05) is 4.57 Å². The van der Waals surface area contributed by atoms with E-state index in [-0.39, 0.29) is 26.3 Å². The van der Waals surface area contributed by atoms with Gasteiger partial charge in [-0.1, -0.05) is 0 Å². The zero-order chi connectivity index (χ0) is 11.0. The molecule has 0 aliphatic heterocycles.